The molecule has 1 amide bonds. The van der Waals surface area contributed by atoms with Gasteiger partial charge in [0.25, 0.3) is 0 Å². The van der Waals surface area contributed by atoms with E-state index in [-0.39, 0.29) is 5.91 Å². The predicted octanol–water partition coefficient (Wildman–Crippen LogP) is 3.35. The van der Waals surface area contributed by atoms with Crippen molar-refractivity contribution < 1.29 is 9.53 Å². The van der Waals surface area contributed by atoms with Crippen LogP contribution in [0.2, 0.25) is 0 Å². The van der Waals surface area contributed by atoms with E-state index in [0.717, 1.165) is 22.4 Å². The summed E-state index contributed by atoms with van der Waals surface area (Å²) in [7, 11) is 1.66. The Kier molecular flexibility index (Phi) is 5.96. The Morgan fingerprint density at radius 2 is 1.85 bits per heavy atom. The number of hydrogen-bond donors (Lipinski definition) is 1. The monoisotopic (exact) mass is 347 g/mol. The molecule has 2 aromatic carbocycles. The summed E-state index contributed by atoms with van der Waals surface area (Å²) in [5.41, 5.74) is 3.96. The number of amides is 1. The van der Waals surface area contributed by atoms with Gasteiger partial charge in [0, 0.05) is 31.5 Å². The molecule has 0 aliphatic rings. The second kappa shape index (κ2) is 8.78. The van der Waals surface area contributed by atoms with E-state index in [1.54, 1.807) is 24.1 Å². The lowest BCUT2D eigenvalue weighted by Gasteiger charge is -2.08. The average molecular weight is 347 g/mol. The molecule has 5 heteroatoms. The molecule has 0 fully saturated rings. The zero-order valence-corrected chi connectivity index (χ0v) is 14.6. The first kappa shape index (κ1) is 17.6. The predicted molar refractivity (Wildman–Crippen MR) is 102 cm³/mol. The van der Waals surface area contributed by atoms with Crippen LogP contribution in [0.15, 0.2) is 73.1 Å². The number of hydrogen-bond acceptors (Lipinski definition) is 3. The molecule has 5 nitrogen and oxygen atoms in total. The number of nitrogens with zero attached hydrogens (tertiary/aromatic N) is 2. The lowest BCUT2D eigenvalue weighted by atomic mass is 10.1. The first-order chi connectivity index (χ1) is 12.8. The van der Waals surface area contributed by atoms with E-state index >= 15 is 0 Å². The molecule has 0 saturated carbocycles. The normalized spacial score (nSPS) is 11.0. The Labute approximate surface area is 152 Å². The standard InChI is InChI=1S/C21H21N3O2/c1-26-16-19-8-6-5-7-18(19)14-22-21(25)12-11-17-13-23-24(15-17)20-9-3-2-4-10-20/h2-13,15H,14,16H2,1H3,(H,22,25)/b12-11+. The Morgan fingerprint density at radius 1 is 1.12 bits per heavy atom. The van der Waals surface area contributed by atoms with Crippen molar-refractivity contribution in [2.24, 2.45) is 0 Å². The van der Waals surface area contributed by atoms with E-state index in [2.05, 4.69) is 10.4 Å². The number of carbonyl (C=O) groups is 1. The van der Waals surface area contributed by atoms with Crippen molar-refractivity contribution in [1.29, 1.82) is 0 Å². The van der Waals surface area contributed by atoms with Gasteiger partial charge in [-0.05, 0) is 29.3 Å². The fourth-order valence-electron chi connectivity index (χ4n) is 2.58. The van der Waals surface area contributed by atoms with E-state index in [4.69, 9.17) is 4.74 Å². The van der Waals surface area contributed by atoms with Crippen molar-refractivity contribution in [3.8, 4) is 5.69 Å². The Hall–Kier alpha value is -3.18. The fourth-order valence-corrected chi connectivity index (χ4v) is 2.58. The molecule has 3 aromatic rings. The topological polar surface area (TPSA) is 56.1 Å². The molecule has 0 bridgehead atoms. The van der Waals surface area contributed by atoms with Crippen molar-refractivity contribution >= 4 is 12.0 Å². The molecule has 0 aliphatic carbocycles. The largest absolute Gasteiger partial charge is 0.380 e. The minimum atomic E-state index is -0.148. The summed E-state index contributed by atoms with van der Waals surface area (Å²) in [6.07, 6.45) is 6.88. The van der Waals surface area contributed by atoms with Gasteiger partial charge < -0.3 is 10.1 Å². The smallest absolute Gasteiger partial charge is 0.244 e. The summed E-state index contributed by atoms with van der Waals surface area (Å²) in [5.74, 6) is -0.148. The summed E-state index contributed by atoms with van der Waals surface area (Å²) >= 11 is 0. The molecule has 0 atom stereocenters. The van der Waals surface area contributed by atoms with Crippen LogP contribution in [-0.2, 0) is 22.7 Å². The van der Waals surface area contributed by atoms with Crippen LogP contribution in [-0.4, -0.2) is 22.8 Å². The molecule has 0 saturated heterocycles. The lowest BCUT2D eigenvalue weighted by molar-refractivity contribution is -0.116. The second-order valence-corrected chi connectivity index (χ2v) is 5.81. The summed E-state index contributed by atoms with van der Waals surface area (Å²) in [6, 6.07) is 17.7. The minimum Gasteiger partial charge on any atom is -0.380 e. The van der Waals surface area contributed by atoms with E-state index in [1.165, 1.54) is 6.08 Å². The second-order valence-electron chi connectivity index (χ2n) is 5.81. The zero-order valence-electron chi connectivity index (χ0n) is 14.6. The third-order valence-electron chi connectivity index (χ3n) is 3.92. The Balaban J connectivity index is 1.58. The minimum absolute atomic E-state index is 0.148. The van der Waals surface area contributed by atoms with Crippen LogP contribution in [0, 0.1) is 0 Å². The Bertz CT molecular complexity index is 885. The van der Waals surface area contributed by atoms with Gasteiger partial charge in [-0.25, -0.2) is 4.68 Å². The number of nitrogens with one attached hydrogen (secondary N) is 1. The van der Waals surface area contributed by atoms with E-state index in [9.17, 15) is 4.79 Å². The molecule has 3 rings (SSSR count). The van der Waals surface area contributed by atoms with Crippen LogP contribution in [0.25, 0.3) is 11.8 Å². The van der Waals surface area contributed by atoms with Gasteiger partial charge >= 0.3 is 0 Å². The van der Waals surface area contributed by atoms with E-state index < -0.39 is 0 Å². The van der Waals surface area contributed by atoms with Gasteiger partial charge in [-0.3, -0.25) is 4.79 Å². The molecule has 1 heterocycles. The van der Waals surface area contributed by atoms with Crippen LogP contribution in [0.3, 0.4) is 0 Å². The maximum absolute atomic E-state index is 12.1. The van der Waals surface area contributed by atoms with Crippen molar-refractivity contribution in [3.05, 3.63) is 89.8 Å². The number of rotatable bonds is 7. The third kappa shape index (κ3) is 4.68. The first-order valence-corrected chi connectivity index (χ1v) is 8.38. The SMILES string of the molecule is COCc1ccccc1CNC(=O)/C=C/c1cnn(-c2ccccc2)c1. The van der Waals surface area contributed by atoms with Gasteiger partial charge in [0.1, 0.15) is 0 Å². The highest BCUT2D eigenvalue weighted by molar-refractivity contribution is 5.91. The van der Waals surface area contributed by atoms with E-state index in [0.29, 0.717) is 13.2 Å². The van der Waals surface area contributed by atoms with Gasteiger partial charge in [-0.1, -0.05) is 42.5 Å². The van der Waals surface area contributed by atoms with Crippen molar-refractivity contribution in [2.45, 2.75) is 13.2 Å². The summed E-state index contributed by atoms with van der Waals surface area (Å²) in [5, 5.41) is 7.21. The highest BCUT2D eigenvalue weighted by atomic mass is 16.5. The fraction of sp³-hybridized carbons (Fsp3) is 0.143. The third-order valence-corrected chi connectivity index (χ3v) is 3.92. The number of methoxy groups -OCH3 is 1. The van der Waals surface area contributed by atoms with Crippen LogP contribution >= 0.6 is 0 Å². The summed E-state index contributed by atoms with van der Waals surface area (Å²) in [6.45, 7) is 0.993. The van der Waals surface area contributed by atoms with Gasteiger partial charge in [0.2, 0.25) is 5.91 Å². The number of carbonyl (C=O) groups excluding carboxylic acids is 1. The van der Waals surface area contributed by atoms with Crippen molar-refractivity contribution in [2.75, 3.05) is 7.11 Å². The summed E-state index contributed by atoms with van der Waals surface area (Å²) < 4.78 is 6.96. The highest BCUT2D eigenvalue weighted by Crippen LogP contribution is 2.10. The summed E-state index contributed by atoms with van der Waals surface area (Å²) in [4.78, 5) is 12.1. The van der Waals surface area contributed by atoms with Gasteiger partial charge in [0.15, 0.2) is 0 Å². The maximum Gasteiger partial charge on any atom is 0.244 e. The molecule has 0 radical (unpaired) electrons. The highest BCUT2D eigenvalue weighted by Gasteiger charge is 2.03. The lowest BCUT2D eigenvalue weighted by Crippen LogP contribution is -2.21. The average Bonchev–Trinajstić information content (AvgIpc) is 3.16. The van der Waals surface area contributed by atoms with Crippen molar-refractivity contribution in [3.63, 3.8) is 0 Å². The number of benzene rings is 2. The number of ether oxygens (including phenoxy) is 1. The van der Waals surface area contributed by atoms with Gasteiger partial charge in [-0.2, -0.15) is 5.10 Å². The van der Waals surface area contributed by atoms with Crippen LogP contribution in [0.5, 0.6) is 0 Å². The molecule has 0 unspecified atom stereocenters. The quantitative estimate of drug-likeness (QED) is 0.667. The molecular formula is C21H21N3O2. The van der Waals surface area contributed by atoms with Gasteiger partial charge in [0.05, 0.1) is 18.5 Å². The zero-order chi connectivity index (χ0) is 18.2. The van der Waals surface area contributed by atoms with Gasteiger partial charge in [-0.15, -0.1) is 0 Å². The number of aromatic nitrogens is 2. The first-order valence-electron chi connectivity index (χ1n) is 8.38. The molecule has 26 heavy (non-hydrogen) atoms. The van der Waals surface area contributed by atoms with Crippen molar-refractivity contribution in [1.82, 2.24) is 15.1 Å². The Morgan fingerprint density at radius 3 is 2.62 bits per heavy atom. The molecule has 0 aliphatic heterocycles. The maximum atomic E-state index is 12.1. The molecule has 132 valence electrons. The van der Waals surface area contributed by atoms with Crippen LogP contribution < -0.4 is 5.32 Å². The molecular weight excluding hydrogens is 326 g/mol. The van der Waals surface area contributed by atoms with Crippen LogP contribution in [0.1, 0.15) is 16.7 Å². The van der Waals surface area contributed by atoms with Crippen LogP contribution in [0.4, 0.5) is 0 Å². The molecule has 0 spiro atoms. The number of para-hydroxylation sites is 1. The molecule has 1 aromatic heterocycles. The van der Waals surface area contributed by atoms with E-state index in [1.807, 2.05) is 60.8 Å². The molecule has 1 N–H and O–H groups in total.